The third-order valence-corrected chi connectivity index (χ3v) is 8.02. The van der Waals surface area contributed by atoms with Crippen molar-refractivity contribution in [1.82, 2.24) is 14.0 Å². The number of nitrogens with one attached hydrogen (secondary N) is 2. The summed E-state index contributed by atoms with van der Waals surface area (Å²) in [7, 11) is -0.410. The van der Waals surface area contributed by atoms with Gasteiger partial charge in [0.15, 0.2) is 11.5 Å². The third kappa shape index (κ3) is 4.35. The van der Waals surface area contributed by atoms with Crippen molar-refractivity contribution in [2.45, 2.75) is 38.1 Å². The van der Waals surface area contributed by atoms with Crippen LogP contribution in [-0.2, 0) is 10.2 Å². The largest absolute Gasteiger partial charge is 0.493 e. The minimum atomic E-state index is -3.61. The molecule has 0 unspecified atom stereocenters. The second-order valence-corrected chi connectivity index (χ2v) is 9.94. The summed E-state index contributed by atoms with van der Waals surface area (Å²) in [6, 6.07) is 13.7. The molecule has 4 rings (SSSR count). The molecule has 0 saturated carbocycles. The van der Waals surface area contributed by atoms with E-state index in [0.717, 1.165) is 41.3 Å². The number of ether oxygens (including phenoxy) is 2. The van der Waals surface area contributed by atoms with E-state index >= 15 is 0 Å². The Kier molecular flexibility index (Phi) is 6.74. The van der Waals surface area contributed by atoms with Crippen LogP contribution in [0.3, 0.4) is 0 Å². The molecular formula is C24H31N3O4S. The van der Waals surface area contributed by atoms with Crippen LogP contribution in [0, 0.1) is 0 Å². The molecule has 32 heavy (non-hydrogen) atoms. The van der Waals surface area contributed by atoms with Crippen molar-refractivity contribution in [2.75, 3.05) is 27.3 Å². The first-order chi connectivity index (χ1) is 15.5. The van der Waals surface area contributed by atoms with Gasteiger partial charge in [-0.2, -0.15) is 12.7 Å². The van der Waals surface area contributed by atoms with Crippen molar-refractivity contribution in [3.05, 3.63) is 59.8 Å². The topological polar surface area (TPSA) is 83.7 Å². The summed E-state index contributed by atoms with van der Waals surface area (Å²) >= 11 is 0. The Bertz CT molecular complexity index is 1170. The van der Waals surface area contributed by atoms with Crippen LogP contribution < -0.4 is 14.2 Å². The maximum atomic E-state index is 13.2. The number of nitrogens with zero attached hydrogens (tertiary/aromatic N) is 1. The maximum Gasteiger partial charge on any atom is 0.279 e. The second-order valence-electron chi connectivity index (χ2n) is 8.23. The fourth-order valence-corrected chi connectivity index (χ4v) is 6.15. The lowest BCUT2D eigenvalue weighted by Gasteiger charge is -2.33. The molecule has 172 valence electrons. The van der Waals surface area contributed by atoms with Gasteiger partial charge in [0, 0.05) is 47.7 Å². The molecule has 0 radical (unpaired) electrons. The number of fused-ring (bicyclic) bond motifs is 1. The molecular weight excluding hydrogens is 426 g/mol. The second kappa shape index (κ2) is 9.52. The first-order valence-corrected chi connectivity index (χ1v) is 12.4. The van der Waals surface area contributed by atoms with Crippen LogP contribution in [-0.4, -0.2) is 51.1 Å². The zero-order chi connectivity index (χ0) is 22.7. The highest BCUT2D eigenvalue weighted by atomic mass is 32.2. The molecule has 1 aliphatic rings. The maximum absolute atomic E-state index is 13.2. The highest BCUT2D eigenvalue weighted by Gasteiger charge is 2.31. The summed E-state index contributed by atoms with van der Waals surface area (Å²) in [5, 5.41) is 1.05. The SMILES string of the molecule is COc1cccc([C@@H](CNS(=O)(=O)N2CCCC[C@H]2C)c2c[nH]c3ccccc23)c1OC. The molecule has 2 atom stereocenters. The van der Waals surface area contributed by atoms with E-state index in [2.05, 4.69) is 9.71 Å². The van der Waals surface area contributed by atoms with E-state index in [1.54, 1.807) is 18.5 Å². The van der Waals surface area contributed by atoms with Crippen molar-refractivity contribution >= 4 is 21.1 Å². The fourth-order valence-electron chi connectivity index (χ4n) is 4.66. The van der Waals surface area contributed by atoms with Gasteiger partial charge >= 0.3 is 0 Å². The van der Waals surface area contributed by atoms with Gasteiger partial charge in [-0.1, -0.05) is 36.8 Å². The third-order valence-electron chi connectivity index (χ3n) is 6.33. The van der Waals surface area contributed by atoms with Crippen LogP contribution in [0.2, 0.25) is 0 Å². The van der Waals surface area contributed by atoms with Crippen LogP contribution in [0.1, 0.15) is 43.2 Å². The van der Waals surface area contributed by atoms with Gasteiger partial charge in [-0.25, -0.2) is 4.72 Å². The smallest absolute Gasteiger partial charge is 0.279 e. The van der Waals surface area contributed by atoms with Crippen molar-refractivity contribution in [1.29, 1.82) is 0 Å². The average molecular weight is 458 g/mol. The van der Waals surface area contributed by atoms with Gasteiger partial charge < -0.3 is 14.5 Å². The summed E-state index contributed by atoms with van der Waals surface area (Å²) in [5.41, 5.74) is 2.87. The first kappa shape index (κ1) is 22.6. The number of hydrogen-bond acceptors (Lipinski definition) is 4. The number of methoxy groups -OCH3 is 2. The molecule has 2 aromatic carbocycles. The molecule has 1 saturated heterocycles. The number of rotatable bonds is 8. The Labute approximate surface area is 189 Å². The molecule has 0 amide bonds. The van der Waals surface area contributed by atoms with Crippen LogP contribution in [0.25, 0.3) is 10.9 Å². The predicted octanol–water partition coefficient (Wildman–Crippen LogP) is 4.03. The van der Waals surface area contributed by atoms with E-state index in [1.165, 1.54) is 0 Å². The molecule has 2 heterocycles. The highest BCUT2D eigenvalue weighted by molar-refractivity contribution is 7.87. The minimum absolute atomic E-state index is 0.000792. The molecule has 2 N–H and O–H groups in total. The van der Waals surface area contributed by atoms with Gasteiger partial charge in [-0.05, 0) is 37.5 Å². The number of aromatic nitrogens is 1. The normalized spacial score (nSPS) is 18.5. The standard InChI is InChI=1S/C24H31N3O4S/c1-17-9-6-7-14-27(17)32(28,29)26-16-21(19-11-8-13-23(30-2)24(19)31-3)20-15-25-22-12-5-4-10-18(20)22/h4-5,8,10-13,15,17,21,25-26H,6-7,9,14,16H2,1-3H3/t17-,21-/m1/s1. The number of H-pyrrole nitrogens is 1. The Morgan fingerprint density at radius 2 is 1.91 bits per heavy atom. The lowest BCUT2D eigenvalue weighted by molar-refractivity contribution is 0.265. The van der Waals surface area contributed by atoms with E-state index in [1.807, 2.05) is 55.6 Å². The number of hydrogen-bond donors (Lipinski definition) is 2. The number of benzene rings is 2. The minimum Gasteiger partial charge on any atom is -0.493 e. The van der Waals surface area contributed by atoms with Gasteiger partial charge in [0.25, 0.3) is 10.2 Å². The molecule has 1 fully saturated rings. The zero-order valence-corrected chi connectivity index (χ0v) is 19.6. The molecule has 8 heteroatoms. The highest BCUT2D eigenvalue weighted by Crippen LogP contribution is 2.40. The molecule has 0 aliphatic carbocycles. The average Bonchev–Trinajstić information content (AvgIpc) is 3.23. The summed E-state index contributed by atoms with van der Waals surface area (Å²) in [5.74, 6) is 0.948. The van der Waals surface area contributed by atoms with Crippen molar-refractivity contribution in [3.63, 3.8) is 0 Å². The van der Waals surface area contributed by atoms with Gasteiger partial charge in [-0.3, -0.25) is 0 Å². The van der Waals surface area contributed by atoms with Crippen molar-refractivity contribution < 1.29 is 17.9 Å². The van der Waals surface area contributed by atoms with E-state index < -0.39 is 10.2 Å². The Balaban J connectivity index is 1.74. The molecule has 7 nitrogen and oxygen atoms in total. The van der Waals surface area contributed by atoms with Crippen LogP contribution >= 0.6 is 0 Å². The van der Waals surface area contributed by atoms with Gasteiger partial charge in [0.05, 0.1) is 14.2 Å². The molecule has 1 aliphatic heterocycles. The monoisotopic (exact) mass is 457 g/mol. The number of para-hydroxylation sites is 2. The van der Waals surface area contributed by atoms with E-state index in [-0.39, 0.29) is 18.5 Å². The summed E-state index contributed by atoms with van der Waals surface area (Å²) in [4.78, 5) is 3.31. The van der Waals surface area contributed by atoms with Crippen molar-refractivity contribution in [2.24, 2.45) is 0 Å². The predicted molar refractivity (Wildman–Crippen MR) is 127 cm³/mol. The quantitative estimate of drug-likeness (QED) is 0.535. The summed E-state index contributed by atoms with van der Waals surface area (Å²) in [6.07, 6.45) is 4.79. The molecule has 3 aromatic rings. The van der Waals surface area contributed by atoms with Gasteiger partial charge in [-0.15, -0.1) is 0 Å². The Hall–Kier alpha value is -2.55. The number of piperidine rings is 1. The van der Waals surface area contributed by atoms with Crippen LogP contribution in [0.5, 0.6) is 11.5 Å². The van der Waals surface area contributed by atoms with E-state index in [0.29, 0.717) is 18.0 Å². The zero-order valence-electron chi connectivity index (χ0n) is 18.8. The van der Waals surface area contributed by atoms with Gasteiger partial charge in [0.2, 0.25) is 0 Å². The van der Waals surface area contributed by atoms with Gasteiger partial charge in [0.1, 0.15) is 0 Å². The Morgan fingerprint density at radius 1 is 1.09 bits per heavy atom. The summed E-state index contributed by atoms with van der Waals surface area (Å²) < 4.78 is 42.1. The van der Waals surface area contributed by atoms with E-state index in [9.17, 15) is 8.42 Å². The van der Waals surface area contributed by atoms with Crippen LogP contribution in [0.4, 0.5) is 0 Å². The Morgan fingerprint density at radius 3 is 2.66 bits per heavy atom. The fraction of sp³-hybridized carbons (Fsp3) is 0.417. The molecule has 1 aromatic heterocycles. The lowest BCUT2D eigenvalue weighted by Crippen LogP contribution is -2.48. The van der Waals surface area contributed by atoms with Crippen LogP contribution in [0.15, 0.2) is 48.7 Å². The lowest BCUT2D eigenvalue weighted by atomic mass is 9.90. The van der Waals surface area contributed by atoms with Crippen molar-refractivity contribution in [3.8, 4) is 11.5 Å². The first-order valence-electron chi connectivity index (χ1n) is 11.0. The molecule has 0 spiro atoms. The summed E-state index contributed by atoms with van der Waals surface area (Å²) in [6.45, 7) is 2.73. The number of aromatic amines is 1. The molecule has 0 bridgehead atoms. The van der Waals surface area contributed by atoms with E-state index in [4.69, 9.17) is 9.47 Å².